The number of carbonyl (C=O) groups is 1. The van der Waals surface area contributed by atoms with Crippen LogP contribution in [0.15, 0.2) is 0 Å². The number of ether oxygens (including phenoxy) is 1. The van der Waals surface area contributed by atoms with Gasteiger partial charge in [0.15, 0.2) is 0 Å². The minimum Gasteiger partial charge on any atom is -0.385 e. The Morgan fingerprint density at radius 1 is 1.44 bits per heavy atom. The van der Waals surface area contributed by atoms with Gasteiger partial charge in [-0.3, -0.25) is 4.79 Å². The summed E-state index contributed by atoms with van der Waals surface area (Å²) in [7, 11) is 1.71. The van der Waals surface area contributed by atoms with Gasteiger partial charge in [-0.1, -0.05) is 27.2 Å². The number of piperidine rings is 1. The van der Waals surface area contributed by atoms with Gasteiger partial charge in [0, 0.05) is 33.4 Å². The Labute approximate surface area is 153 Å². The van der Waals surface area contributed by atoms with Crippen LogP contribution in [0, 0.1) is 16.7 Å². The highest BCUT2D eigenvalue weighted by Crippen LogP contribution is 2.27. The second-order valence-electron chi connectivity index (χ2n) is 8.03. The zero-order valence-electron chi connectivity index (χ0n) is 16.4. The molecule has 0 aromatic heterocycles. The summed E-state index contributed by atoms with van der Waals surface area (Å²) < 4.78 is 5.08. The summed E-state index contributed by atoms with van der Waals surface area (Å²) in [6, 6.07) is 1.79. The second-order valence-corrected chi connectivity index (χ2v) is 8.03. The molecule has 3 N–H and O–H groups in total. The monoisotopic (exact) mass is 352 g/mol. The van der Waals surface area contributed by atoms with Crippen molar-refractivity contribution in [2.45, 2.75) is 70.9 Å². The van der Waals surface area contributed by atoms with Crippen LogP contribution in [0.4, 0.5) is 0 Å². The quantitative estimate of drug-likeness (QED) is 0.587. The van der Waals surface area contributed by atoms with Gasteiger partial charge in [0.25, 0.3) is 0 Å². The fourth-order valence-electron chi connectivity index (χ4n) is 3.04. The van der Waals surface area contributed by atoms with Crippen LogP contribution in [0.5, 0.6) is 0 Å². The van der Waals surface area contributed by atoms with E-state index in [9.17, 15) is 10.1 Å². The molecule has 1 aliphatic heterocycles. The molecule has 25 heavy (non-hydrogen) atoms. The van der Waals surface area contributed by atoms with E-state index in [1.165, 1.54) is 0 Å². The molecule has 6 heteroatoms. The first-order chi connectivity index (χ1) is 11.8. The first-order valence-corrected chi connectivity index (χ1v) is 9.47. The topological polar surface area (TPSA) is 91.4 Å². The van der Waals surface area contributed by atoms with Gasteiger partial charge in [-0.2, -0.15) is 5.26 Å². The summed E-state index contributed by atoms with van der Waals surface area (Å²) in [6.07, 6.45) is 4.90. The molecule has 0 spiro atoms. The molecule has 0 saturated carbocycles. The normalized spacial score (nSPS) is 19.2. The van der Waals surface area contributed by atoms with Crippen molar-refractivity contribution in [1.82, 2.24) is 10.2 Å². The number of nitrogens with zero attached hydrogens (tertiary/aromatic N) is 2. The predicted molar refractivity (Wildman–Crippen MR) is 99.9 cm³/mol. The van der Waals surface area contributed by atoms with Crippen molar-refractivity contribution in [2.75, 3.05) is 33.4 Å². The SMILES string of the molecule is CCC(C)(C)CC[C@H](N)C(=O)NC1(C#N)CCN(CCCOC)CC1. The fraction of sp³-hybridized carbons (Fsp3) is 0.895. The molecule has 1 aliphatic rings. The van der Waals surface area contributed by atoms with Crippen molar-refractivity contribution >= 4 is 5.91 Å². The molecule has 1 heterocycles. The van der Waals surface area contributed by atoms with Crippen LogP contribution in [0.3, 0.4) is 0 Å². The third-order valence-electron chi connectivity index (χ3n) is 5.53. The van der Waals surface area contributed by atoms with Crippen molar-refractivity contribution in [3.63, 3.8) is 0 Å². The minimum atomic E-state index is -0.771. The van der Waals surface area contributed by atoms with Crippen LogP contribution in [0.1, 0.15) is 59.3 Å². The van der Waals surface area contributed by atoms with Gasteiger partial charge in [0.05, 0.1) is 12.1 Å². The van der Waals surface area contributed by atoms with Crippen molar-refractivity contribution in [1.29, 1.82) is 5.26 Å². The van der Waals surface area contributed by atoms with Crippen LogP contribution in [-0.2, 0) is 9.53 Å². The van der Waals surface area contributed by atoms with Crippen LogP contribution in [-0.4, -0.2) is 55.7 Å². The van der Waals surface area contributed by atoms with E-state index in [0.29, 0.717) is 19.3 Å². The zero-order valence-corrected chi connectivity index (χ0v) is 16.4. The number of likely N-dealkylation sites (tertiary alicyclic amines) is 1. The second kappa shape index (κ2) is 10.1. The summed E-state index contributed by atoms with van der Waals surface area (Å²) >= 11 is 0. The number of nitriles is 1. The number of nitrogens with two attached hydrogens (primary N) is 1. The minimum absolute atomic E-state index is 0.193. The molecule has 0 radical (unpaired) electrons. The zero-order chi connectivity index (χ0) is 18.9. The van der Waals surface area contributed by atoms with Gasteiger partial charge in [-0.25, -0.2) is 0 Å². The van der Waals surface area contributed by atoms with E-state index < -0.39 is 11.6 Å². The van der Waals surface area contributed by atoms with Crippen LogP contribution >= 0.6 is 0 Å². The maximum atomic E-state index is 12.5. The Morgan fingerprint density at radius 2 is 2.08 bits per heavy atom. The van der Waals surface area contributed by atoms with Gasteiger partial charge >= 0.3 is 0 Å². The fourth-order valence-corrected chi connectivity index (χ4v) is 3.04. The Bertz CT molecular complexity index is 451. The molecule has 1 rings (SSSR count). The third kappa shape index (κ3) is 7.31. The number of carbonyl (C=O) groups excluding carboxylic acids is 1. The standard InChI is InChI=1S/C19H36N4O2/c1-5-18(2,3)8-7-16(21)17(24)22-19(15-20)9-12-23(13-10-19)11-6-14-25-4/h16H,5-14,21H2,1-4H3,(H,22,24)/t16-/m0/s1. The molecule has 1 fully saturated rings. The number of amides is 1. The highest BCUT2D eigenvalue weighted by Gasteiger charge is 2.37. The summed E-state index contributed by atoms with van der Waals surface area (Å²) in [5.41, 5.74) is 5.49. The third-order valence-corrected chi connectivity index (χ3v) is 5.53. The molecule has 0 bridgehead atoms. The molecule has 6 nitrogen and oxygen atoms in total. The lowest BCUT2D eigenvalue weighted by Crippen LogP contribution is -2.57. The van der Waals surface area contributed by atoms with Crippen LogP contribution in [0.2, 0.25) is 0 Å². The summed E-state index contributed by atoms with van der Waals surface area (Å²) in [6.45, 7) is 9.87. The molecular weight excluding hydrogens is 316 g/mol. The molecule has 144 valence electrons. The van der Waals surface area contributed by atoms with Crippen molar-refractivity contribution in [2.24, 2.45) is 11.1 Å². The Balaban J connectivity index is 2.47. The summed E-state index contributed by atoms with van der Waals surface area (Å²) in [5.74, 6) is -0.193. The van der Waals surface area contributed by atoms with Crippen molar-refractivity contribution in [3.05, 3.63) is 0 Å². The predicted octanol–water partition coefficient (Wildman–Crippen LogP) is 2.04. The number of nitrogens with one attached hydrogen (secondary N) is 1. The first kappa shape index (κ1) is 21.9. The molecular formula is C19H36N4O2. The average Bonchev–Trinajstić information content (AvgIpc) is 2.61. The molecule has 0 unspecified atom stereocenters. The Morgan fingerprint density at radius 3 is 2.60 bits per heavy atom. The van der Waals surface area contributed by atoms with Crippen molar-refractivity contribution in [3.8, 4) is 6.07 Å². The van der Waals surface area contributed by atoms with Gasteiger partial charge in [-0.05, 0) is 37.5 Å². The summed E-state index contributed by atoms with van der Waals surface area (Å²) in [5, 5.41) is 12.6. The first-order valence-electron chi connectivity index (χ1n) is 9.47. The van der Waals surface area contributed by atoms with E-state index >= 15 is 0 Å². The maximum absolute atomic E-state index is 12.5. The lowest BCUT2D eigenvalue weighted by molar-refractivity contribution is -0.124. The van der Waals surface area contributed by atoms with Crippen LogP contribution < -0.4 is 11.1 Å². The number of hydrogen-bond donors (Lipinski definition) is 2. The lowest BCUT2D eigenvalue weighted by Gasteiger charge is -2.38. The van der Waals surface area contributed by atoms with Gasteiger partial charge in [0.2, 0.25) is 5.91 Å². The maximum Gasteiger partial charge on any atom is 0.238 e. The molecule has 0 aliphatic carbocycles. The molecule has 1 atom stereocenters. The molecule has 0 aromatic rings. The summed E-state index contributed by atoms with van der Waals surface area (Å²) in [4.78, 5) is 14.8. The number of methoxy groups -OCH3 is 1. The van der Waals surface area contributed by atoms with E-state index in [4.69, 9.17) is 10.5 Å². The van der Waals surface area contributed by atoms with E-state index in [2.05, 4.69) is 37.1 Å². The average molecular weight is 353 g/mol. The van der Waals surface area contributed by atoms with Gasteiger partial charge < -0.3 is 20.7 Å². The molecule has 1 amide bonds. The number of rotatable bonds is 10. The van der Waals surface area contributed by atoms with Gasteiger partial charge in [0.1, 0.15) is 5.54 Å². The lowest BCUT2D eigenvalue weighted by atomic mass is 9.83. The van der Waals surface area contributed by atoms with E-state index in [0.717, 1.165) is 45.5 Å². The highest BCUT2D eigenvalue weighted by molar-refractivity contribution is 5.82. The Hall–Kier alpha value is -1.16. The van der Waals surface area contributed by atoms with E-state index in [-0.39, 0.29) is 11.3 Å². The van der Waals surface area contributed by atoms with Crippen molar-refractivity contribution < 1.29 is 9.53 Å². The van der Waals surface area contributed by atoms with E-state index in [1.54, 1.807) is 7.11 Å². The van der Waals surface area contributed by atoms with Gasteiger partial charge in [-0.15, -0.1) is 0 Å². The molecule has 0 aromatic carbocycles. The highest BCUT2D eigenvalue weighted by atomic mass is 16.5. The van der Waals surface area contributed by atoms with E-state index in [1.807, 2.05) is 0 Å². The van der Waals surface area contributed by atoms with Crippen LogP contribution in [0.25, 0.3) is 0 Å². The Kier molecular flexibility index (Phi) is 8.84. The largest absolute Gasteiger partial charge is 0.385 e. The number of hydrogen-bond acceptors (Lipinski definition) is 5. The molecule has 1 saturated heterocycles. The smallest absolute Gasteiger partial charge is 0.238 e.